The van der Waals surface area contributed by atoms with Gasteiger partial charge in [0.25, 0.3) is 0 Å². The van der Waals surface area contributed by atoms with Gasteiger partial charge in [0.05, 0.1) is 23.1 Å². The summed E-state index contributed by atoms with van der Waals surface area (Å²) in [6.07, 6.45) is 3.00. The minimum Gasteiger partial charge on any atom is -0.478 e. The van der Waals surface area contributed by atoms with E-state index >= 15 is 0 Å². The number of carbonyl (C=O) groups is 1. The number of nitrogens with zero attached hydrogens (tertiary/aromatic N) is 5. The number of carboxylic acids is 1. The van der Waals surface area contributed by atoms with Gasteiger partial charge < -0.3 is 14.2 Å². The zero-order chi connectivity index (χ0) is 27.8. The molecule has 3 heterocycles. The van der Waals surface area contributed by atoms with Gasteiger partial charge in [0, 0.05) is 13.5 Å². The molecular weight excluding hydrogens is 498 g/mol. The van der Waals surface area contributed by atoms with E-state index in [1.54, 1.807) is 12.1 Å². The lowest BCUT2D eigenvalue weighted by molar-refractivity contribution is 0.0697. The quantitative estimate of drug-likeness (QED) is 0.228. The Balaban J connectivity index is 1.42. The van der Waals surface area contributed by atoms with E-state index in [9.17, 15) is 9.90 Å². The SMILES string of the molecule is CCCCc1nc2c(C)cc(-c3nc4ccccc4n3C)nc2n1Cc1ccc(-c2ccccc2C(=O)O)cc1. The molecule has 0 bridgehead atoms. The van der Waals surface area contributed by atoms with E-state index in [-0.39, 0.29) is 0 Å². The fraction of sp³-hybridized carbons (Fsp3) is 0.212. The summed E-state index contributed by atoms with van der Waals surface area (Å²) >= 11 is 0. The molecule has 200 valence electrons. The van der Waals surface area contributed by atoms with Crippen LogP contribution in [-0.4, -0.2) is 35.2 Å². The van der Waals surface area contributed by atoms with E-state index in [2.05, 4.69) is 47.2 Å². The van der Waals surface area contributed by atoms with E-state index in [1.165, 1.54) is 0 Å². The highest BCUT2D eigenvalue weighted by atomic mass is 16.4. The Morgan fingerprint density at radius 2 is 1.68 bits per heavy atom. The molecule has 1 N–H and O–H groups in total. The van der Waals surface area contributed by atoms with Crippen molar-refractivity contribution in [3.63, 3.8) is 0 Å². The highest BCUT2D eigenvalue weighted by Crippen LogP contribution is 2.29. The van der Waals surface area contributed by atoms with Gasteiger partial charge in [-0.05, 0) is 59.9 Å². The molecule has 0 spiro atoms. The lowest BCUT2D eigenvalue weighted by Gasteiger charge is -2.11. The number of benzene rings is 3. The Labute approximate surface area is 232 Å². The summed E-state index contributed by atoms with van der Waals surface area (Å²) in [4.78, 5) is 26.8. The zero-order valence-corrected chi connectivity index (χ0v) is 22.9. The third-order valence-electron chi connectivity index (χ3n) is 7.51. The number of fused-ring (bicyclic) bond motifs is 2. The number of para-hydroxylation sites is 2. The average Bonchev–Trinajstić information content (AvgIpc) is 3.50. The normalized spacial score (nSPS) is 11.5. The van der Waals surface area contributed by atoms with Gasteiger partial charge in [0.15, 0.2) is 11.5 Å². The maximum atomic E-state index is 11.7. The van der Waals surface area contributed by atoms with E-state index in [0.29, 0.717) is 17.7 Å². The van der Waals surface area contributed by atoms with E-state index < -0.39 is 5.97 Å². The molecule has 0 aliphatic carbocycles. The Hall–Kier alpha value is -4.78. The van der Waals surface area contributed by atoms with Crippen LogP contribution in [0.3, 0.4) is 0 Å². The van der Waals surface area contributed by atoms with E-state index in [1.807, 2.05) is 49.5 Å². The van der Waals surface area contributed by atoms with E-state index in [4.69, 9.17) is 15.0 Å². The Morgan fingerprint density at radius 3 is 2.42 bits per heavy atom. The van der Waals surface area contributed by atoms with Crippen molar-refractivity contribution in [3.8, 4) is 22.6 Å². The number of aromatic carboxylic acids is 1. The second kappa shape index (κ2) is 10.4. The van der Waals surface area contributed by atoms with Crippen LogP contribution in [0.2, 0.25) is 0 Å². The summed E-state index contributed by atoms with van der Waals surface area (Å²) in [6, 6.07) is 25.4. The molecule has 0 amide bonds. The molecule has 6 aromatic rings. The second-order valence-electron chi connectivity index (χ2n) is 10.2. The third kappa shape index (κ3) is 4.53. The van der Waals surface area contributed by atoms with Gasteiger partial charge in [0.1, 0.15) is 17.0 Å². The largest absolute Gasteiger partial charge is 0.478 e. The highest BCUT2D eigenvalue weighted by Gasteiger charge is 2.19. The van der Waals surface area contributed by atoms with Crippen molar-refractivity contribution in [1.82, 2.24) is 24.1 Å². The fourth-order valence-corrected chi connectivity index (χ4v) is 5.36. The number of unbranched alkanes of at least 4 members (excludes halogenated alkanes) is 1. The van der Waals surface area contributed by atoms with Crippen molar-refractivity contribution >= 4 is 28.2 Å². The first-order chi connectivity index (χ1) is 19.4. The van der Waals surface area contributed by atoms with Crippen LogP contribution in [0.4, 0.5) is 0 Å². The number of rotatable bonds is 8. The van der Waals surface area contributed by atoms with E-state index in [0.717, 1.165) is 75.5 Å². The lowest BCUT2D eigenvalue weighted by Crippen LogP contribution is -2.07. The predicted octanol–water partition coefficient (Wildman–Crippen LogP) is 7.05. The molecule has 6 rings (SSSR count). The highest BCUT2D eigenvalue weighted by molar-refractivity contribution is 5.96. The number of carboxylic acid groups (broad SMARTS) is 1. The number of aromatic nitrogens is 5. The van der Waals surface area contributed by atoms with Crippen LogP contribution < -0.4 is 0 Å². The summed E-state index contributed by atoms with van der Waals surface area (Å²) in [5.41, 5.74) is 8.67. The van der Waals surface area contributed by atoms with Crippen molar-refractivity contribution in [1.29, 1.82) is 0 Å². The van der Waals surface area contributed by atoms with Crippen LogP contribution in [0.5, 0.6) is 0 Å². The molecule has 0 unspecified atom stereocenters. The number of imidazole rings is 2. The molecule has 0 aliphatic rings. The summed E-state index contributed by atoms with van der Waals surface area (Å²) in [5.74, 6) is 0.924. The summed E-state index contributed by atoms with van der Waals surface area (Å²) in [6.45, 7) is 4.90. The topological polar surface area (TPSA) is 85.8 Å². The monoisotopic (exact) mass is 529 g/mol. The van der Waals surface area contributed by atoms with Crippen LogP contribution in [0.1, 0.15) is 47.1 Å². The first-order valence-corrected chi connectivity index (χ1v) is 13.6. The van der Waals surface area contributed by atoms with Gasteiger partial charge in [-0.25, -0.2) is 19.7 Å². The number of hydrogen-bond donors (Lipinski definition) is 1. The Bertz CT molecular complexity index is 1860. The van der Waals surface area contributed by atoms with Crippen molar-refractivity contribution in [3.05, 3.63) is 101 Å². The number of aryl methyl sites for hydroxylation is 3. The van der Waals surface area contributed by atoms with Crippen molar-refractivity contribution in [2.24, 2.45) is 7.05 Å². The second-order valence-corrected chi connectivity index (χ2v) is 10.2. The summed E-state index contributed by atoms with van der Waals surface area (Å²) in [5, 5.41) is 9.62. The number of pyridine rings is 1. The predicted molar refractivity (Wildman–Crippen MR) is 159 cm³/mol. The minimum absolute atomic E-state index is 0.298. The van der Waals surface area contributed by atoms with Crippen molar-refractivity contribution < 1.29 is 9.90 Å². The molecule has 0 aliphatic heterocycles. The molecule has 0 fully saturated rings. The van der Waals surface area contributed by atoms with Gasteiger partial charge in [0.2, 0.25) is 0 Å². The van der Waals surface area contributed by atoms with Crippen LogP contribution in [0.25, 0.3) is 44.8 Å². The fourth-order valence-electron chi connectivity index (χ4n) is 5.36. The lowest BCUT2D eigenvalue weighted by atomic mass is 9.99. The Morgan fingerprint density at radius 1 is 0.925 bits per heavy atom. The van der Waals surface area contributed by atoms with Gasteiger partial charge in [-0.3, -0.25) is 0 Å². The van der Waals surface area contributed by atoms with Crippen LogP contribution in [0.15, 0.2) is 78.9 Å². The molecule has 40 heavy (non-hydrogen) atoms. The maximum Gasteiger partial charge on any atom is 0.336 e. The molecule has 0 saturated heterocycles. The van der Waals surface area contributed by atoms with Crippen molar-refractivity contribution in [2.45, 2.75) is 39.7 Å². The Kier molecular flexibility index (Phi) is 6.64. The molecule has 3 aromatic heterocycles. The minimum atomic E-state index is -0.928. The van der Waals surface area contributed by atoms with Gasteiger partial charge >= 0.3 is 5.97 Å². The standard InChI is InChI=1S/C33H31N5O2/c1-4-5-14-29-36-30-21(2)19-27(31-34-26-12-8-9-13-28(26)37(31)3)35-32(30)38(29)20-22-15-17-23(18-16-22)24-10-6-7-11-25(24)33(39)40/h6-13,15-19H,4-5,14,20H2,1-3H3,(H,39,40). The molecule has 3 aromatic carbocycles. The third-order valence-corrected chi connectivity index (χ3v) is 7.51. The summed E-state index contributed by atoms with van der Waals surface area (Å²) < 4.78 is 4.32. The maximum absolute atomic E-state index is 11.7. The summed E-state index contributed by atoms with van der Waals surface area (Å²) in [7, 11) is 2.03. The molecule has 7 heteroatoms. The smallest absolute Gasteiger partial charge is 0.336 e. The zero-order valence-electron chi connectivity index (χ0n) is 22.9. The first-order valence-electron chi connectivity index (χ1n) is 13.6. The molecule has 0 atom stereocenters. The molecule has 0 saturated carbocycles. The van der Waals surface area contributed by atoms with Gasteiger partial charge in [-0.15, -0.1) is 0 Å². The van der Waals surface area contributed by atoms with Crippen molar-refractivity contribution in [2.75, 3.05) is 0 Å². The van der Waals surface area contributed by atoms with Gasteiger partial charge in [-0.1, -0.05) is 67.9 Å². The molecule has 0 radical (unpaired) electrons. The number of hydrogen-bond acceptors (Lipinski definition) is 4. The average molecular weight is 530 g/mol. The first kappa shape index (κ1) is 25.5. The molecular formula is C33H31N5O2. The van der Waals surface area contributed by atoms with Crippen LogP contribution in [-0.2, 0) is 20.0 Å². The van der Waals surface area contributed by atoms with Crippen LogP contribution >= 0.6 is 0 Å². The van der Waals surface area contributed by atoms with Crippen LogP contribution in [0, 0.1) is 6.92 Å². The van der Waals surface area contributed by atoms with Gasteiger partial charge in [-0.2, -0.15) is 0 Å². The molecule has 7 nitrogen and oxygen atoms in total.